The third-order valence-corrected chi connectivity index (χ3v) is 6.18. The maximum Gasteiger partial charge on any atom is 0.257 e. The van der Waals surface area contributed by atoms with Gasteiger partial charge in [0, 0.05) is 67.5 Å². The van der Waals surface area contributed by atoms with E-state index in [0.717, 1.165) is 37.3 Å². The number of hydrogen-bond acceptors (Lipinski definition) is 7. The Hall–Kier alpha value is -4.11. The number of ether oxygens (including phenoxy) is 3. The first-order valence-electron chi connectivity index (χ1n) is 11.6. The van der Waals surface area contributed by atoms with Gasteiger partial charge in [-0.05, 0) is 30.8 Å². The lowest BCUT2D eigenvalue weighted by Gasteiger charge is -2.32. The highest BCUT2D eigenvalue weighted by Gasteiger charge is 2.20. The maximum absolute atomic E-state index is 13.0. The van der Waals surface area contributed by atoms with Crippen molar-refractivity contribution in [2.75, 3.05) is 59.9 Å². The molecular formula is C27H30N4O5. The van der Waals surface area contributed by atoms with Crippen molar-refractivity contribution in [2.24, 2.45) is 0 Å². The van der Waals surface area contributed by atoms with E-state index in [2.05, 4.69) is 22.2 Å². The number of carbonyl (C=O) groups excluding carboxylic acids is 2. The first-order chi connectivity index (χ1) is 17.4. The molecule has 9 heteroatoms. The van der Waals surface area contributed by atoms with Crippen molar-refractivity contribution in [1.82, 2.24) is 14.8 Å². The number of pyridine rings is 1. The molecule has 0 bridgehead atoms. The van der Waals surface area contributed by atoms with Gasteiger partial charge in [-0.3, -0.25) is 14.6 Å². The zero-order chi connectivity index (χ0) is 25.7. The van der Waals surface area contributed by atoms with Crippen LogP contribution in [0.3, 0.4) is 0 Å². The zero-order valence-electron chi connectivity index (χ0n) is 20.9. The van der Waals surface area contributed by atoms with Crippen molar-refractivity contribution in [2.45, 2.75) is 0 Å². The molecule has 1 aromatic heterocycles. The summed E-state index contributed by atoms with van der Waals surface area (Å²) in [5.41, 5.74) is 3.16. The molecule has 0 aliphatic carbocycles. The van der Waals surface area contributed by atoms with Crippen LogP contribution in [-0.4, -0.2) is 81.2 Å². The molecule has 0 saturated carbocycles. The van der Waals surface area contributed by atoms with Gasteiger partial charge in [0.2, 0.25) is 5.75 Å². The van der Waals surface area contributed by atoms with E-state index in [-0.39, 0.29) is 11.8 Å². The van der Waals surface area contributed by atoms with E-state index in [1.54, 1.807) is 24.4 Å². The van der Waals surface area contributed by atoms with Crippen molar-refractivity contribution >= 4 is 17.5 Å². The van der Waals surface area contributed by atoms with Crippen LogP contribution in [0, 0.1) is 0 Å². The summed E-state index contributed by atoms with van der Waals surface area (Å²) in [6.45, 7) is 3.20. The topological polar surface area (TPSA) is 93.2 Å². The molecule has 9 nitrogen and oxygen atoms in total. The van der Waals surface area contributed by atoms with Crippen molar-refractivity contribution in [3.8, 4) is 28.4 Å². The highest BCUT2D eigenvalue weighted by atomic mass is 16.5. The molecule has 2 heterocycles. The number of nitrogens with one attached hydrogen (secondary N) is 1. The summed E-state index contributed by atoms with van der Waals surface area (Å²) in [7, 11) is 6.61. The number of amides is 2. The first-order valence-corrected chi connectivity index (χ1v) is 11.6. The monoisotopic (exact) mass is 490 g/mol. The molecule has 0 spiro atoms. The molecule has 0 radical (unpaired) electrons. The third kappa shape index (κ3) is 5.41. The second kappa shape index (κ2) is 11.1. The van der Waals surface area contributed by atoms with Gasteiger partial charge in [-0.2, -0.15) is 0 Å². The minimum absolute atomic E-state index is 0.0336. The van der Waals surface area contributed by atoms with Gasteiger partial charge in [0.25, 0.3) is 11.8 Å². The first kappa shape index (κ1) is 25.0. The lowest BCUT2D eigenvalue weighted by molar-refractivity contribution is 0.0664. The predicted octanol–water partition coefficient (Wildman–Crippen LogP) is 3.41. The Morgan fingerprint density at radius 1 is 0.806 bits per heavy atom. The normalized spacial score (nSPS) is 13.7. The molecule has 188 valence electrons. The summed E-state index contributed by atoms with van der Waals surface area (Å²) in [6.07, 6.45) is 3.19. The Labute approximate surface area is 210 Å². The van der Waals surface area contributed by atoms with Gasteiger partial charge in [0.05, 0.1) is 26.9 Å². The van der Waals surface area contributed by atoms with E-state index in [1.807, 2.05) is 29.2 Å². The molecule has 3 aromatic rings. The summed E-state index contributed by atoms with van der Waals surface area (Å²) >= 11 is 0. The highest BCUT2D eigenvalue weighted by Crippen LogP contribution is 2.40. The number of benzene rings is 2. The van der Waals surface area contributed by atoms with Crippen molar-refractivity contribution in [3.05, 3.63) is 66.0 Å². The van der Waals surface area contributed by atoms with Crippen LogP contribution in [-0.2, 0) is 0 Å². The molecule has 2 amide bonds. The number of anilines is 1. The standard InChI is InChI=1S/C27H30N4O5/c1-30-9-11-31(12-10-30)27(33)19-7-5-18(6-8-19)20-13-21(17-28-16-20)26(32)29-22-14-23(34-2)25(36-4)24(15-22)35-3/h5-8,13-17H,9-12H2,1-4H3,(H,29,32). The van der Waals surface area contributed by atoms with E-state index >= 15 is 0 Å². The molecule has 36 heavy (non-hydrogen) atoms. The van der Waals surface area contributed by atoms with Gasteiger partial charge >= 0.3 is 0 Å². The van der Waals surface area contributed by atoms with Crippen LogP contribution < -0.4 is 19.5 Å². The van der Waals surface area contributed by atoms with E-state index in [1.165, 1.54) is 27.5 Å². The summed E-state index contributed by atoms with van der Waals surface area (Å²) in [6, 6.07) is 12.5. The summed E-state index contributed by atoms with van der Waals surface area (Å²) in [4.78, 5) is 34.1. The summed E-state index contributed by atoms with van der Waals surface area (Å²) in [5.74, 6) is 1.01. The fraction of sp³-hybridized carbons (Fsp3) is 0.296. The van der Waals surface area contributed by atoms with Gasteiger partial charge in [-0.1, -0.05) is 12.1 Å². The average molecular weight is 491 g/mol. The van der Waals surface area contributed by atoms with Crippen LogP contribution in [0.25, 0.3) is 11.1 Å². The van der Waals surface area contributed by atoms with Crippen LogP contribution in [0.5, 0.6) is 17.2 Å². The number of methoxy groups -OCH3 is 3. The number of carbonyl (C=O) groups is 2. The molecule has 0 atom stereocenters. The highest BCUT2D eigenvalue weighted by molar-refractivity contribution is 6.05. The van der Waals surface area contributed by atoms with Gasteiger partial charge < -0.3 is 29.3 Å². The Kier molecular flexibility index (Phi) is 7.70. The van der Waals surface area contributed by atoms with Gasteiger partial charge in [-0.25, -0.2) is 0 Å². The minimum Gasteiger partial charge on any atom is -0.493 e. The van der Waals surface area contributed by atoms with Crippen molar-refractivity contribution in [3.63, 3.8) is 0 Å². The molecule has 1 fully saturated rings. The van der Waals surface area contributed by atoms with Crippen LogP contribution >= 0.6 is 0 Å². The molecule has 0 unspecified atom stereocenters. The van der Waals surface area contributed by atoms with E-state index in [4.69, 9.17) is 14.2 Å². The second-order valence-electron chi connectivity index (χ2n) is 8.50. The Bertz CT molecular complexity index is 1210. The quantitative estimate of drug-likeness (QED) is 0.543. The van der Waals surface area contributed by atoms with Gasteiger partial charge in [0.1, 0.15) is 0 Å². The lowest BCUT2D eigenvalue weighted by atomic mass is 10.0. The maximum atomic E-state index is 13.0. The van der Waals surface area contributed by atoms with Crippen molar-refractivity contribution < 1.29 is 23.8 Å². The number of piperazine rings is 1. The largest absolute Gasteiger partial charge is 0.493 e. The van der Waals surface area contributed by atoms with Crippen molar-refractivity contribution in [1.29, 1.82) is 0 Å². The number of hydrogen-bond donors (Lipinski definition) is 1. The number of rotatable bonds is 7. The number of aromatic nitrogens is 1. The van der Waals surface area contributed by atoms with Gasteiger partial charge in [0.15, 0.2) is 11.5 Å². The molecule has 1 N–H and O–H groups in total. The van der Waals surface area contributed by atoms with Crippen LogP contribution in [0.15, 0.2) is 54.9 Å². The molecule has 1 aliphatic rings. The SMILES string of the molecule is COc1cc(NC(=O)c2cncc(-c3ccc(C(=O)N4CCN(C)CC4)cc3)c2)cc(OC)c1OC. The lowest BCUT2D eigenvalue weighted by Crippen LogP contribution is -2.47. The summed E-state index contributed by atoms with van der Waals surface area (Å²) < 4.78 is 16.0. The molecule has 1 aliphatic heterocycles. The Morgan fingerprint density at radius 3 is 2.03 bits per heavy atom. The summed E-state index contributed by atoms with van der Waals surface area (Å²) in [5, 5.41) is 2.85. The molecular weight excluding hydrogens is 460 g/mol. The van der Waals surface area contributed by atoms with Crippen LogP contribution in [0.2, 0.25) is 0 Å². The van der Waals surface area contributed by atoms with Gasteiger partial charge in [-0.15, -0.1) is 0 Å². The molecule has 4 rings (SSSR count). The van der Waals surface area contributed by atoms with E-state index in [0.29, 0.717) is 34.1 Å². The Balaban J connectivity index is 1.49. The van der Waals surface area contributed by atoms with E-state index < -0.39 is 0 Å². The molecule has 1 saturated heterocycles. The third-order valence-electron chi connectivity index (χ3n) is 6.18. The molecule has 2 aromatic carbocycles. The minimum atomic E-state index is -0.333. The average Bonchev–Trinajstić information content (AvgIpc) is 2.92. The number of nitrogens with zero attached hydrogens (tertiary/aromatic N) is 3. The second-order valence-corrected chi connectivity index (χ2v) is 8.50. The Morgan fingerprint density at radius 2 is 1.44 bits per heavy atom. The van der Waals surface area contributed by atoms with E-state index in [9.17, 15) is 9.59 Å². The zero-order valence-corrected chi connectivity index (χ0v) is 20.9. The van der Waals surface area contributed by atoms with Crippen LogP contribution in [0.4, 0.5) is 5.69 Å². The number of likely N-dealkylation sites (N-methyl/N-ethyl adjacent to an activating group) is 1. The predicted molar refractivity (Wildman–Crippen MR) is 137 cm³/mol. The smallest absolute Gasteiger partial charge is 0.257 e. The van der Waals surface area contributed by atoms with Crippen LogP contribution in [0.1, 0.15) is 20.7 Å². The fourth-order valence-corrected chi connectivity index (χ4v) is 4.08. The fourth-order valence-electron chi connectivity index (χ4n) is 4.08.